The highest BCUT2D eigenvalue weighted by molar-refractivity contribution is 7.15. The summed E-state index contributed by atoms with van der Waals surface area (Å²) in [5.74, 6) is -2.69. The molecule has 1 aromatic rings. The van der Waals surface area contributed by atoms with E-state index in [0.717, 1.165) is 6.42 Å². The van der Waals surface area contributed by atoms with Gasteiger partial charge in [-0.15, -0.1) is 11.3 Å². The topological polar surface area (TPSA) is 33.1 Å². The average Bonchev–Trinajstić information content (AvgIpc) is 2.63. The molecule has 2 nitrogen and oxygen atoms in total. The number of aromatic nitrogens is 1. The number of aliphatic hydroxyl groups is 1. The Morgan fingerprint density at radius 2 is 2.41 bits per heavy atom. The third-order valence-corrected chi connectivity index (χ3v) is 4.30. The Bertz CT molecular complexity index is 385. The molecular formula is C11H14ClF2NOS. The molecule has 0 aromatic carbocycles. The molecule has 1 saturated carbocycles. The molecule has 0 bridgehead atoms. The van der Waals surface area contributed by atoms with Crippen LogP contribution in [0.1, 0.15) is 43.2 Å². The van der Waals surface area contributed by atoms with Crippen LogP contribution in [-0.4, -0.2) is 16.0 Å². The number of rotatable bonds is 3. The van der Waals surface area contributed by atoms with Crippen molar-refractivity contribution in [2.45, 2.75) is 44.1 Å². The molecule has 1 fully saturated rings. The highest BCUT2D eigenvalue weighted by Crippen LogP contribution is 2.40. The molecule has 96 valence electrons. The molecule has 0 amide bonds. The molecule has 17 heavy (non-hydrogen) atoms. The summed E-state index contributed by atoms with van der Waals surface area (Å²) in [6.07, 6.45) is 2.19. The Balaban J connectivity index is 1.92. The lowest BCUT2D eigenvalue weighted by molar-refractivity contribution is -0.0590. The van der Waals surface area contributed by atoms with Gasteiger partial charge in [0.15, 0.2) is 0 Å². The Morgan fingerprint density at radius 3 is 3.00 bits per heavy atom. The summed E-state index contributed by atoms with van der Waals surface area (Å²) in [5, 5.41) is 10.4. The van der Waals surface area contributed by atoms with Crippen LogP contribution in [0.5, 0.6) is 0 Å². The van der Waals surface area contributed by atoms with E-state index in [1.165, 1.54) is 17.5 Å². The third kappa shape index (κ3) is 3.60. The second kappa shape index (κ2) is 5.16. The van der Waals surface area contributed by atoms with E-state index in [-0.39, 0.29) is 18.8 Å². The number of alkyl halides is 2. The first-order valence-corrected chi connectivity index (χ1v) is 6.83. The maximum atomic E-state index is 13.2. The van der Waals surface area contributed by atoms with Crippen LogP contribution in [0.25, 0.3) is 0 Å². The lowest BCUT2D eigenvalue weighted by Crippen LogP contribution is -2.27. The zero-order valence-corrected chi connectivity index (χ0v) is 10.8. The molecule has 2 unspecified atom stereocenters. The molecule has 2 atom stereocenters. The molecule has 0 saturated heterocycles. The van der Waals surface area contributed by atoms with Crippen LogP contribution >= 0.6 is 22.9 Å². The quantitative estimate of drug-likeness (QED) is 0.907. The molecular weight excluding hydrogens is 268 g/mol. The summed E-state index contributed by atoms with van der Waals surface area (Å²) in [7, 11) is 0. The zero-order valence-electron chi connectivity index (χ0n) is 9.20. The second-order valence-electron chi connectivity index (χ2n) is 4.57. The van der Waals surface area contributed by atoms with Gasteiger partial charge in [-0.3, -0.25) is 0 Å². The number of hydrogen-bond donors (Lipinski definition) is 1. The SMILES string of the molecule is OC(CC1CCCC(F)(F)C1)c1ncc(Cl)s1. The maximum Gasteiger partial charge on any atom is 0.248 e. The molecule has 2 rings (SSSR count). The number of halogens is 3. The fourth-order valence-corrected chi connectivity index (χ4v) is 3.24. The summed E-state index contributed by atoms with van der Waals surface area (Å²) in [4.78, 5) is 3.97. The van der Waals surface area contributed by atoms with Crippen molar-refractivity contribution in [2.24, 2.45) is 5.92 Å². The molecule has 6 heteroatoms. The van der Waals surface area contributed by atoms with Crippen molar-refractivity contribution in [3.05, 3.63) is 15.5 Å². The standard InChI is InChI=1S/C11H14ClF2NOS/c12-9-6-15-10(17-9)8(16)4-7-2-1-3-11(13,14)5-7/h6-8,16H,1-5H2. The molecule has 1 aromatic heterocycles. The van der Waals surface area contributed by atoms with E-state index in [0.29, 0.717) is 22.2 Å². The monoisotopic (exact) mass is 281 g/mol. The van der Waals surface area contributed by atoms with Gasteiger partial charge in [0.05, 0.1) is 6.20 Å². The predicted octanol–water partition coefficient (Wildman–Crippen LogP) is 4.05. The fraction of sp³-hybridized carbons (Fsp3) is 0.727. The van der Waals surface area contributed by atoms with Crippen LogP contribution in [0.4, 0.5) is 8.78 Å². The number of aliphatic hydroxyl groups excluding tert-OH is 1. The van der Waals surface area contributed by atoms with Crippen molar-refractivity contribution in [1.82, 2.24) is 4.98 Å². The van der Waals surface area contributed by atoms with E-state index in [1.54, 1.807) is 0 Å². The molecule has 1 aliphatic rings. The van der Waals surface area contributed by atoms with Gasteiger partial charge in [0.1, 0.15) is 15.4 Å². The van der Waals surface area contributed by atoms with Crippen LogP contribution < -0.4 is 0 Å². The number of thiazole rings is 1. The van der Waals surface area contributed by atoms with E-state index >= 15 is 0 Å². The van der Waals surface area contributed by atoms with Gasteiger partial charge >= 0.3 is 0 Å². The first kappa shape index (κ1) is 13.2. The smallest absolute Gasteiger partial charge is 0.248 e. The lowest BCUT2D eigenvalue weighted by Gasteiger charge is -2.29. The van der Waals surface area contributed by atoms with Crippen LogP contribution in [0, 0.1) is 5.92 Å². The average molecular weight is 282 g/mol. The van der Waals surface area contributed by atoms with Gasteiger partial charge < -0.3 is 5.11 Å². The molecule has 1 heterocycles. The van der Waals surface area contributed by atoms with Crippen LogP contribution in [0.15, 0.2) is 6.20 Å². The lowest BCUT2D eigenvalue weighted by atomic mass is 9.83. The van der Waals surface area contributed by atoms with E-state index in [1.807, 2.05) is 0 Å². The number of nitrogens with zero attached hydrogens (tertiary/aromatic N) is 1. The van der Waals surface area contributed by atoms with Gasteiger partial charge in [-0.05, 0) is 25.2 Å². The van der Waals surface area contributed by atoms with Gasteiger partial charge in [-0.1, -0.05) is 11.6 Å². The summed E-state index contributed by atoms with van der Waals surface area (Å²) in [6.45, 7) is 0. The summed E-state index contributed by atoms with van der Waals surface area (Å²) < 4.78 is 26.9. The van der Waals surface area contributed by atoms with Gasteiger partial charge in [0.2, 0.25) is 5.92 Å². The van der Waals surface area contributed by atoms with Gasteiger partial charge in [-0.25, -0.2) is 13.8 Å². The summed E-state index contributed by atoms with van der Waals surface area (Å²) in [6, 6.07) is 0. The van der Waals surface area contributed by atoms with Crippen LogP contribution in [-0.2, 0) is 0 Å². The Labute approximate surface area is 108 Å². The van der Waals surface area contributed by atoms with Crippen LogP contribution in [0.3, 0.4) is 0 Å². The predicted molar refractivity (Wildman–Crippen MR) is 63.6 cm³/mol. The Morgan fingerprint density at radius 1 is 1.65 bits per heavy atom. The first-order valence-electron chi connectivity index (χ1n) is 5.63. The third-order valence-electron chi connectivity index (χ3n) is 3.08. The maximum absolute atomic E-state index is 13.2. The van der Waals surface area contributed by atoms with Crippen molar-refractivity contribution < 1.29 is 13.9 Å². The van der Waals surface area contributed by atoms with Gasteiger partial charge in [0, 0.05) is 12.8 Å². The molecule has 0 radical (unpaired) electrons. The van der Waals surface area contributed by atoms with Crippen LogP contribution in [0.2, 0.25) is 4.34 Å². The highest BCUT2D eigenvalue weighted by atomic mass is 35.5. The normalized spacial score (nSPS) is 25.8. The van der Waals surface area contributed by atoms with Crippen molar-refractivity contribution >= 4 is 22.9 Å². The largest absolute Gasteiger partial charge is 0.386 e. The molecule has 1 N–H and O–H groups in total. The number of hydrogen-bond acceptors (Lipinski definition) is 3. The van der Waals surface area contributed by atoms with Crippen molar-refractivity contribution in [3.8, 4) is 0 Å². The van der Waals surface area contributed by atoms with Crippen molar-refractivity contribution in [3.63, 3.8) is 0 Å². The Kier molecular flexibility index (Phi) is 4.00. The zero-order chi connectivity index (χ0) is 12.5. The molecule has 1 aliphatic carbocycles. The van der Waals surface area contributed by atoms with Gasteiger partial charge in [0.25, 0.3) is 0 Å². The van der Waals surface area contributed by atoms with E-state index in [9.17, 15) is 13.9 Å². The summed E-state index contributed by atoms with van der Waals surface area (Å²) in [5.41, 5.74) is 0. The highest BCUT2D eigenvalue weighted by Gasteiger charge is 2.37. The minimum Gasteiger partial charge on any atom is -0.386 e. The second-order valence-corrected chi connectivity index (χ2v) is 6.27. The first-order chi connectivity index (χ1) is 7.96. The minimum atomic E-state index is -2.57. The van der Waals surface area contributed by atoms with E-state index < -0.39 is 12.0 Å². The van der Waals surface area contributed by atoms with Crippen molar-refractivity contribution in [2.75, 3.05) is 0 Å². The van der Waals surface area contributed by atoms with E-state index in [4.69, 9.17) is 11.6 Å². The van der Waals surface area contributed by atoms with Crippen molar-refractivity contribution in [1.29, 1.82) is 0 Å². The Hall–Kier alpha value is -0.260. The van der Waals surface area contributed by atoms with E-state index in [2.05, 4.69) is 4.98 Å². The molecule has 0 aliphatic heterocycles. The fourth-order valence-electron chi connectivity index (χ4n) is 2.31. The molecule has 0 spiro atoms. The minimum absolute atomic E-state index is 0.0251. The summed E-state index contributed by atoms with van der Waals surface area (Å²) >= 11 is 6.92. The van der Waals surface area contributed by atoms with Gasteiger partial charge in [-0.2, -0.15) is 0 Å².